The van der Waals surface area contributed by atoms with Gasteiger partial charge in [-0.05, 0) is 178 Å². The first-order chi connectivity index (χ1) is 46.7. The van der Waals surface area contributed by atoms with Crippen molar-refractivity contribution < 1.29 is 9.47 Å². The Bertz CT molecular complexity index is 5170. The molecule has 14 aromatic carbocycles. The van der Waals surface area contributed by atoms with Gasteiger partial charge in [-0.15, -0.1) is 0 Å². The fourth-order valence-corrected chi connectivity index (χ4v) is 15.3. The van der Waals surface area contributed by atoms with Crippen LogP contribution in [0.3, 0.4) is 0 Å². The van der Waals surface area contributed by atoms with Gasteiger partial charge in [0.15, 0.2) is 11.5 Å². The lowest BCUT2D eigenvalue weighted by Gasteiger charge is -2.47. The summed E-state index contributed by atoms with van der Waals surface area (Å²) in [6.07, 6.45) is 0. The number of benzene rings is 14. The van der Waals surface area contributed by atoms with E-state index in [0.717, 1.165) is 142 Å². The molecule has 8 nitrogen and oxygen atoms in total. The van der Waals surface area contributed by atoms with E-state index in [9.17, 15) is 0 Å². The Morgan fingerprint density at radius 1 is 0.202 bits per heavy atom. The molecule has 0 bridgehead atoms. The second-order valence-corrected chi connectivity index (χ2v) is 24.4. The maximum atomic E-state index is 7.67. The smallest absolute Gasteiger partial charge is 0.256 e. The van der Waals surface area contributed by atoms with Crippen LogP contribution < -0.4 is 71.7 Å². The van der Waals surface area contributed by atoms with E-state index in [1.165, 1.54) is 16.4 Å². The molecular formula is C84H56B2N6O2. The van der Waals surface area contributed by atoms with Crippen molar-refractivity contribution in [2.24, 2.45) is 0 Å². The van der Waals surface area contributed by atoms with Crippen LogP contribution in [-0.2, 0) is 0 Å². The van der Waals surface area contributed by atoms with Crippen LogP contribution >= 0.6 is 0 Å². The maximum Gasteiger partial charge on any atom is 0.256 e. The first-order valence-corrected chi connectivity index (χ1v) is 32.1. The summed E-state index contributed by atoms with van der Waals surface area (Å²) in [6, 6.07) is 123. The lowest BCUT2D eigenvalue weighted by atomic mass is 9.30. The van der Waals surface area contributed by atoms with Gasteiger partial charge in [-0.2, -0.15) is 0 Å². The van der Waals surface area contributed by atoms with Crippen LogP contribution in [0.1, 0.15) is 0 Å². The van der Waals surface area contributed by atoms with E-state index in [-0.39, 0.29) is 13.4 Å². The van der Waals surface area contributed by atoms with Gasteiger partial charge in [0.2, 0.25) is 0 Å². The highest BCUT2D eigenvalue weighted by atomic mass is 16.5. The van der Waals surface area contributed by atoms with Crippen LogP contribution in [0.5, 0.6) is 23.0 Å². The first-order valence-electron chi connectivity index (χ1n) is 32.1. The number of ether oxygens (including phenoxy) is 2. The number of nitrogens with zero attached hydrogens (tertiary/aromatic N) is 6. The van der Waals surface area contributed by atoms with E-state index < -0.39 is 0 Å². The molecule has 10 heteroatoms. The van der Waals surface area contributed by atoms with E-state index in [1.807, 2.05) is 0 Å². The van der Waals surface area contributed by atoms with Crippen LogP contribution in [0.2, 0.25) is 0 Å². The van der Waals surface area contributed by atoms with E-state index >= 15 is 0 Å². The van der Waals surface area contributed by atoms with Gasteiger partial charge in [0.1, 0.15) is 11.5 Å². The zero-order chi connectivity index (χ0) is 61.8. The van der Waals surface area contributed by atoms with E-state index in [2.05, 4.69) is 369 Å². The molecule has 19 rings (SSSR count). The summed E-state index contributed by atoms with van der Waals surface area (Å²) >= 11 is 0. The fourth-order valence-electron chi connectivity index (χ4n) is 15.3. The minimum Gasteiger partial charge on any atom is -0.458 e. The number of rotatable bonds is 10. The van der Waals surface area contributed by atoms with Gasteiger partial charge in [0.05, 0.1) is 22.7 Å². The van der Waals surface area contributed by atoms with Crippen LogP contribution in [0, 0.1) is 0 Å². The Balaban J connectivity index is 0.923. The molecule has 0 amide bonds. The third-order valence-electron chi connectivity index (χ3n) is 19.1. The molecule has 5 aliphatic heterocycles. The molecular weight excluding hydrogens is 1150 g/mol. The molecule has 0 radical (unpaired) electrons. The summed E-state index contributed by atoms with van der Waals surface area (Å²) in [4.78, 5) is 14.6. The average Bonchev–Trinajstić information content (AvgIpc) is 0.687. The van der Waals surface area contributed by atoms with Gasteiger partial charge in [0.25, 0.3) is 13.4 Å². The quantitative estimate of drug-likeness (QED) is 0.125. The highest BCUT2D eigenvalue weighted by Gasteiger charge is 2.49. The Labute approximate surface area is 547 Å². The van der Waals surface area contributed by atoms with Crippen molar-refractivity contribution in [2.45, 2.75) is 0 Å². The van der Waals surface area contributed by atoms with Gasteiger partial charge in [-0.3, -0.25) is 0 Å². The highest BCUT2D eigenvalue weighted by molar-refractivity contribution is 7.02. The fraction of sp³-hybridized carbons (Fsp3) is 0. The predicted molar refractivity (Wildman–Crippen MR) is 390 cm³/mol. The highest BCUT2D eigenvalue weighted by Crippen LogP contribution is 2.55. The topological polar surface area (TPSA) is 37.9 Å². The Morgan fingerprint density at radius 2 is 0.564 bits per heavy atom. The summed E-state index contributed by atoms with van der Waals surface area (Å²) in [6.45, 7) is -0.544. The zero-order valence-corrected chi connectivity index (χ0v) is 51.0. The minimum absolute atomic E-state index is 0.210. The Kier molecular flexibility index (Phi) is 12.3. The summed E-state index contributed by atoms with van der Waals surface area (Å²) in [7, 11) is 0. The van der Waals surface area contributed by atoms with Crippen molar-refractivity contribution in [2.75, 3.05) is 29.4 Å². The monoisotopic (exact) mass is 1200 g/mol. The summed E-state index contributed by atoms with van der Waals surface area (Å²) < 4.78 is 14.8. The summed E-state index contributed by atoms with van der Waals surface area (Å²) in [5.74, 6) is 3.08. The lowest BCUT2D eigenvalue weighted by molar-refractivity contribution is 0.468. The molecule has 5 aliphatic rings. The van der Waals surface area contributed by atoms with Gasteiger partial charge in [0, 0.05) is 91.8 Å². The molecule has 0 saturated carbocycles. The molecule has 94 heavy (non-hydrogen) atoms. The average molecular weight is 1200 g/mol. The molecule has 0 aromatic heterocycles. The minimum atomic E-state index is -0.334. The van der Waals surface area contributed by atoms with Gasteiger partial charge < -0.3 is 38.9 Å². The van der Waals surface area contributed by atoms with Crippen molar-refractivity contribution in [1.29, 1.82) is 0 Å². The van der Waals surface area contributed by atoms with Crippen molar-refractivity contribution >= 4 is 149 Å². The molecule has 0 fully saturated rings. The Morgan fingerprint density at radius 3 is 1.04 bits per heavy atom. The molecule has 0 unspecified atom stereocenters. The molecule has 440 valence electrons. The van der Waals surface area contributed by atoms with Crippen molar-refractivity contribution in [3.05, 3.63) is 340 Å². The largest absolute Gasteiger partial charge is 0.458 e. The number of hydrogen-bond acceptors (Lipinski definition) is 8. The summed E-state index contributed by atoms with van der Waals surface area (Å²) in [5, 5.41) is 0. The molecule has 0 saturated heterocycles. The van der Waals surface area contributed by atoms with Gasteiger partial charge in [-0.1, -0.05) is 182 Å². The summed E-state index contributed by atoms with van der Waals surface area (Å²) in [5.41, 5.74) is 25.6. The molecule has 5 heterocycles. The van der Waals surface area contributed by atoms with Gasteiger partial charge in [-0.25, -0.2) is 0 Å². The second-order valence-electron chi connectivity index (χ2n) is 24.4. The predicted octanol–water partition coefficient (Wildman–Crippen LogP) is 18.7. The normalized spacial score (nSPS) is 13.1. The number of fused-ring (bicyclic) bond motifs is 10. The standard InChI is InChI=1S/C84H56B2N6O2/c1-9-29-57(30-10-1)87(58-31-11-2-12-32-58)65-49-76-83-77(50-65)91(63-41-21-7-22-42-63)73-55-74-69(53-68(73)85(83)67-45-25-26-46-71(67)89(76)61-37-17-5-18-38-61)86-70-54-81-75(90(62-39-19-6-20-40-62)72-47-27-28-48-79(72)93-81)56-80(70)94-82-52-66(51-78(84(82)86)92(74)64-43-23-8-24-44-64)88(59-33-13-3-14-34-59)60-35-15-4-16-36-60/h1-56H. The van der Waals surface area contributed by atoms with Crippen LogP contribution in [0.25, 0.3) is 0 Å². The third kappa shape index (κ3) is 8.43. The SMILES string of the molecule is c1ccc(N(c2ccccc2)c2cc3c4c(c2)N(c2ccccc2)c2cc5c(cc2B4c2cc4c(cc2O3)N(c2ccccc2)c2ccccc2O4)B2c3ccccc3N(c3ccccc3)c3cc(N(c4ccccc4)c4ccccc4)cc(c32)N5c2ccccc2)cc1. The van der Waals surface area contributed by atoms with Crippen molar-refractivity contribution in [3.63, 3.8) is 0 Å². The van der Waals surface area contributed by atoms with Crippen LogP contribution in [-0.4, -0.2) is 13.4 Å². The zero-order valence-electron chi connectivity index (χ0n) is 51.0. The number of anilines is 18. The molecule has 14 aromatic rings. The van der Waals surface area contributed by atoms with Crippen LogP contribution in [0.15, 0.2) is 340 Å². The van der Waals surface area contributed by atoms with Gasteiger partial charge >= 0.3 is 0 Å². The third-order valence-corrected chi connectivity index (χ3v) is 19.1. The molecule has 0 aliphatic carbocycles. The Hall–Kier alpha value is -12.4. The van der Waals surface area contributed by atoms with Crippen molar-refractivity contribution in [1.82, 2.24) is 0 Å². The molecule has 0 N–H and O–H groups in total. The van der Waals surface area contributed by atoms with Crippen LogP contribution in [0.4, 0.5) is 102 Å². The van der Waals surface area contributed by atoms with Crippen molar-refractivity contribution in [3.8, 4) is 23.0 Å². The maximum absolute atomic E-state index is 7.67. The lowest BCUT2D eigenvalue weighted by Crippen LogP contribution is -2.64. The number of para-hydroxylation sites is 11. The number of hydrogen-bond donors (Lipinski definition) is 0. The van der Waals surface area contributed by atoms with E-state index in [4.69, 9.17) is 9.47 Å². The molecule has 0 atom stereocenters. The second kappa shape index (κ2) is 21.7. The molecule has 0 spiro atoms. The first kappa shape index (κ1) is 53.4. The van der Waals surface area contributed by atoms with E-state index in [0.29, 0.717) is 0 Å². The van der Waals surface area contributed by atoms with E-state index in [1.54, 1.807) is 0 Å².